The minimum absolute atomic E-state index is 0.0262. The Bertz CT molecular complexity index is 238. The van der Waals surface area contributed by atoms with Gasteiger partial charge in [0.15, 0.2) is 5.75 Å². The number of hydrogen-bond donors (Lipinski definition) is 2. The molecule has 0 saturated carbocycles. The molecule has 10 heavy (non-hydrogen) atoms. The fraction of sp³-hybridized carbons (Fsp3) is 0.200. The first-order valence-electron chi connectivity index (χ1n) is 2.59. The molecule has 3 N–H and O–H groups in total. The number of aromatic nitrogens is 2. The number of nitrogens with zero attached hydrogens (tertiary/aromatic N) is 2. The highest BCUT2D eigenvalue weighted by molar-refractivity contribution is 5.33. The molecule has 0 radical (unpaired) electrons. The summed E-state index contributed by atoms with van der Waals surface area (Å²) in [6, 6.07) is 0. The van der Waals surface area contributed by atoms with E-state index in [4.69, 9.17) is 10.8 Å². The van der Waals surface area contributed by atoms with Crippen LogP contribution in [0.1, 0.15) is 0 Å². The van der Waals surface area contributed by atoms with Crippen LogP contribution in [0.25, 0.3) is 0 Å². The second kappa shape index (κ2) is 2.38. The van der Waals surface area contributed by atoms with Crippen molar-refractivity contribution >= 4 is 5.95 Å². The third-order valence-electron chi connectivity index (χ3n) is 0.975. The van der Waals surface area contributed by atoms with Gasteiger partial charge in [-0.05, 0) is 0 Å². The Labute approximate surface area is 57.5 Å². The minimum atomic E-state index is -0.241. The minimum Gasteiger partial charge on any atom is -0.491 e. The van der Waals surface area contributed by atoms with Gasteiger partial charge < -0.3 is 15.6 Å². The van der Waals surface area contributed by atoms with E-state index in [0.29, 0.717) is 0 Å². The van der Waals surface area contributed by atoms with Gasteiger partial charge in [-0.25, -0.2) is 4.98 Å². The summed E-state index contributed by atoms with van der Waals surface area (Å²) in [7, 11) is 1.41. The topological polar surface area (TPSA) is 81.3 Å². The van der Waals surface area contributed by atoms with E-state index in [2.05, 4.69) is 14.7 Å². The molecule has 0 amide bonds. The molecule has 0 aliphatic rings. The number of nitrogen functional groups attached to an aromatic ring is 1. The van der Waals surface area contributed by atoms with Crippen LogP contribution in [0.15, 0.2) is 6.20 Å². The highest BCUT2D eigenvalue weighted by Gasteiger charge is 2.01. The van der Waals surface area contributed by atoms with Gasteiger partial charge in [0.05, 0.1) is 13.3 Å². The molecule has 54 valence electrons. The SMILES string of the molecule is COc1cnc(N)nc1O. The summed E-state index contributed by atoms with van der Waals surface area (Å²) in [5.41, 5.74) is 5.14. The van der Waals surface area contributed by atoms with E-state index < -0.39 is 0 Å². The molecule has 0 bridgehead atoms. The summed E-state index contributed by atoms with van der Waals surface area (Å²) in [4.78, 5) is 7.03. The predicted octanol–water partition coefficient (Wildman–Crippen LogP) is -0.227. The molecule has 0 aromatic carbocycles. The average Bonchev–Trinajstić information content (AvgIpc) is 1.88. The maximum absolute atomic E-state index is 8.94. The zero-order chi connectivity index (χ0) is 7.56. The first-order valence-corrected chi connectivity index (χ1v) is 2.59. The van der Waals surface area contributed by atoms with Crippen LogP contribution in [0.5, 0.6) is 11.6 Å². The Morgan fingerprint density at radius 3 is 2.90 bits per heavy atom. The van der Waals surface area contributed by atoms with Gasteiger partial charge in [0.2, 0.25) is 5.95 Å². The molecule has 1 aromatic rings. The van der Waals surface area contributed by atoms with Crippen molar-refractivity contribution in [2.75, 3.05) is 12.8 Å². The van der Waals surface area contributed by atoms with Crippen molar-refractivity contribution in [3.8, 4) is 11.6 Å². The van der Waals surface area contributed by atoms with Gasteiger partial charge >= 0.3 is 0 Å². The van der Waals surface area contributed by atoms with Gasteiger partial charge in [0.1, 0.15) is 0 Å². The first-order chi connectivity index (χ1) is 4.74. The molecule has 5 nitrogen and oxygen atoms in total. The molecule has 1 aromatic heterocycles. The van der Waals surface area contributed by atoms with Crippen molar-refractivity contribution in [3.63, 3.8) is 0 Å². The van der Waals surface area contributed by atoms with Crippen molar-refractivity contribution in [3.05, 3.63) is 6.20 Å². The standard InChI is InChI=1S/C5H7N3O2/c1-10-3-2-7-5(6)8-4(3)9/h2H,1H3,(H3,6,7,8,9). The van der Waals surface area contributed by atoms with Crippen LogP contribution in [0.2, 0.25) is 0 Å². The van der Waals surface area contributed by atoms with E-state index in [1.807, 2.05) is 0 Å². The van der Waals surface area contributed by atoms with Gasteiger partial charge in [-0.2, -0.15) is 4.98 Å². The van der Waals surface area contributed by atoms with Crippen molar-refractivity contribution in [1.29, 1.82) is 0 Å². The molecule has 0 saturated heterocycles. The predicted molar refractivity (Wildman–Crippen MR) is 34.7 cm³/mol. The lowest BCUT2D eigenvalue weighted by Gasteiger charge is -1.99. The fourth-order valence-corrected chi connectivity index (χ4v) is 0.519. The summed E-state index contributed by atoms with van der Waals surface area (Å²) >= 11 is 0. The molecule has 1 rings (SSSR count). The lowest BCUT2D eigenvalue weighted by atomic mass is 10.6. The van der Waals surface area contributed by atoms with Gasteiger partial charge in [0.25, 0.3) is 5.88 Å². The molecular weight excluding hydrogens is 134 g/mol. The fourth-order valence-electron chi connectivity index (χ4n) is 0.519. The Morgan fingerprint density at radius 1 is 1.70 bits per heavy atom. The zero-order valence-corrected chi connectivity index (χ0v) is 5.40. The Balaban J connectivity index is 3.07. The van der Waals surface area contributed by atoms with E-state index >= 15 is 0 Å². The summed E-state index contributed by atoms with van der Waals surface area (Å²) in [5.74, 6) is 0.00231. The zero-order valence-electron chi connectivity index (χ0n) is 5.40. The molecule has 0 unspecified atom stereocenters. The molecule has 0 atom stereocenters. The summed E-state index contributed by atoms with van der Waals surface area (Å²) in [6.45, 7) is 0. The second-order valence-corrected chi connectivity index (χ2v) is 1.62. The van der Waals surface area contributed by atoms with E-state index in [9.17, 15) is 0 Å². The Hall–Kier alpha value is -1.52. The van der Waals surface area contributed by atoms with Crippen molar-refractivity contribution in [2.24, 2.45) is 0 Å². The second-order valence-electron chi connectivity index (χ2n) is 1.62. The summed E-state index contributed by atoms with van der Waals surface area (Å²) in [5, 5.41) is 8.94. The third kappa shape index (κ3) is 1.07. The van der Waals surface area contributed by atoms with Crippen LogP contribution in [0, 0.1) is 0 Å². The number of anilines is 1. The lowest BCUT2D eigenvalue weighted by molar-refractivity contribution is 0.361. The quantitative estimate of drug-likeness (QED) is 0.564. The van der Waals surface area contributed by atoms with Crippen LogP contribution >= 0.6 is 0 Å². The van der Waals surface area contributed by atoms with E-state index in [1.54, 1.807) is 0 Å². The van der Waals surface area contributed by atoms with Gasteiger partial charge in [-0.3, -0.25) is 0 Å². The van der Waals surface area contributed by atoms with E-state index in [-0.39, 0.29) is 17.6 Å². The maximum Gasteiger partial charge on any atom is 0.259 e. The lowest BCUT2D eigenvalue weighted by Crippen LogP contribution is -1.95. The number of methoxy groups -OCH3 is 1. The Kier molecular flexibility index (Phi) is 1.57. The number of rotatable bonds is 1. The van der Waals surface area contributed by atoms with Gasteiger partial charge in [0, 0.05) is 0 Å². The Morgan fingerprint density at radius 2 is 2.40 bits per heavy atom. The van der Waals surface area contributed by atoms with Crippen LogP contribution in [0.4, 0.5) is 5.95 Å². The number of ether oxygens (including phenoxy) is 1. The molecule has 0 spiro atoms. The van der Waals surface area contributed by atoms with Gasteiger partial charge in [-0.1, -0.05) is 0 Å². The number of hydrogen-bond acceptors (Lipinski definition) is 5. The van der Waals surface area contributed by atoms with Crippen molar-refractivity contribution in [2.45, 2.75) is 0 Å². The molecule has 0 aliphatic heterocycles. The highest BCUT2D eigenvalue weighted by atomic mass is 16.5. The van der Waals surface area contributed by atoms with Crippen LogP contribution in [-0.2, 0) is 0 Å². The molecule has 1 heterocycles. The summed E-state index contributed by atoms with van der Waals surface area (Å²) in [6.07, 6.45) is 1.30. The number of aromatic hydroxyl groups is 1. The normalized spacial score (nSPS) is 9.30. The van der Waals surface area contributed by atoms with Crippen molar-refractivity contribution < 1.29 is 9.84 Å². The monoisotopic (exact) mass is 141 g/mol. The van der Waals surface area contributed by atoms with Gasteiger partial charge in [-0.15, -0.1) is 0 Å². The van der Waals surface area contributed by atoms with Crippen LogP contribution in [0.3, 0.4) is 0 Å². The molecule has 5 heteroatoms. The van der Waals surface area contributed by atoms with Crippen molar-refractivity contribution in [1.82, 2.24) is 9.97 Å². The first kappa shape index (κ1) is 6.60. The number of nitrogens with two attached hydrogens (primary N) is 1. The third-order valence-corrected chi connectivity index (χ3v) is 0.975. The average molecular weight is 141 g/mol. The largest absolute Gasteiger partial charge is 0.491 e. The highest BCUT2D eigenvalue weighted by Crippen LogP contribution is 2.20. The summed E-state index contributed by atoms with van der Waals surface area (Å²) < 4.78 is 4.67. The van der Waals surface area contributed by atoms with Crippen LogP contribution < -0.4 is 10.5 Å². The molecule has 0 fully saturated rings. The van der Waals surface area contributed by atoms with E-state index in [1.165, 1.54) is 13.3 Å². The maximum atomic E-state index is 8.94. The smallest absolute Gasteiger partial charge is 0.259 e. The molecule has 0 aliphatic carbocycles. The van der Waals surface area contributed by atoms with Crippen LogP contribution in [-0.4, -0.2) is 22.2 Å². The van der Waals surface area contributed by atoms with E-state index in [0.717, 1.165) is 0 Å². The molecular formula is C5H7N3O2.